The molecule has 0 unspecified atom stereocenters. The highest BCUT2D eigenvalue weighted by molar-refractivity contribution is 5.95. The molecule has 0 saturated carbocycles. The minimum absolute atomic E-state index is 0.0290. The molecule has 1 atom stereocenters. The third-order valence-electron chi connectivity index (χ3n) is 2.27. The molecule has 0 fully saturated rings. The van der Waals surface area contributed by atoms with Crippen LogP contribution in [0.2, 0.25) is 0 Å². The molecule has 14 heavy (non-hydrogen) atoms. The van der Waals surface area contributed by atoms with Gasteiger partial charge in [0.05, 0.1) is 0 Å². The number of rotatable bonds is 0. The van der Waals surface area contributed by atoms with E-state index in [0.717, 1.165) is 0 Å². The normalized spacial score (nSPS) is 20.1. The summed E-state index contributed by atoms with van der Waals surface area (Å²) in [5.74, 6) is -0.692. The van der Waals surface area contributed by atoms with Gasteiger partial charge < -0.3 is 14.9 Å². The van der Waals surface area contributed by atoms with Gasteiger partial charge >= 0.3 is 5.97 Å². The fourth-order valence-electron chi connectivity index (χ4n) is 1.63. The maximum Gasteiger partial charge on any atom is 0.342 e. The molecule has 0 bridgehead atoms. The van der Waals surface area contributed by atoms with Crippen molar-refractivity contribution in [2.24, 2.45) is 0 Å². The van der Waals surface area contributed by atoms with Gasteiger partial charge in [-0.1, -0.05) is 0 Å². The van der Waals surface area contributed by atoms with Crippen LogP contribution in [0, 0.1) is 0 Å². The number of phenolic OH excluding ortho intramolecular Hbond substituents is 2. The van der Waals surface area contributed by atoms with Crippen LogP contribution in [-0.2, 0) is 11.2 Å². The monoisotopic (exact) mass is 194 g/mol. The maximum absolute atomic E-state index is 11.4. The van der Waals surface area contributed by atoms with Crippen molar-refractivity contribution in [1.29, 1.82) is 0 Å². The second-order valence-corrected chi connectivity index (χ2v) is 3.38. The molecule has 1 heterocycles. The van der Waals surface area contributed by atoms with E-state index in [-0.39, 0.29) is 23.2 Å². The van der Waals surface area contributed by atoms with Gasteiger partial charge in [-0.15, -0.1) is 0 Å². The van der Waals surface area contributed by atoms with Crippen LogP contribution in [-0.4, -0.2) is 22.3 Å². The minimum Gasteiger partial charge on any atom is -0.508 e. The van der Waals surface area contributed by atoms with E-state index >= 15 is 0 Å². The van der Waals surface area contributed by atoms with Crippen LogP contribution in [0.3, 0.4) is 0 Å². The van der Waals surface area contributed by atoms with Crippen molar-refractivity contribution in [3.8, 4) is 11.5 Å². The first kappa shape index (κ1) is 8.87. The zero-order valence-corrected chi connectivity index (χ0v) is 7.65. The fraction of sp³-hybridized carbons (Fsp3) is 0.300. The lowest BCUT2D eigenvalue weighted by atomic mass is 9.97. The first-order valence-corrected chi connectivity index (χ1v) is 4.34. The van der Waals surface area contributed by atoms with Crippen molar-refractivity contribution in [2.45, 2.75) is 19.4 Å². The number of benzene rings is 1. The smallest absolute Gasteiger partial charge is 0.342 e. The molecule has 2 N–H and O–H groups in total. The number of ether oxygens (including phenoxy) is 1. The number of hydrogen-bond donors (Lipinski definition) is 2. The molecule has 4 heteroatoms. The summed E-state index contributed by atoms with van der Waals surface area (Å²) in [5, 5.41) is 18.9. The van der Waals surface area contributed by atoms with Crippen molar-refractivity contribution in [1.82, 2.24) is 0 Å². The summed E-state index contributed by atoms with van der Waals surface area (Å²) >= 11 is 0. The van der Waals surface area contributed by atoms with Crippen molar-refractivity contribution in [2.75, 3.05) is 0 Å². The van der Waals surface area contributed by atoms with Gasteiger partial charge in [0.25, 0.3) is 0 Å². The van der Waals surface area contributed by atoms with Crippen molar-refractivity contribution in [3.63, 3.8) is 0 Å². The molecular weight excluding hydrogens is 184 g/mol. The highest BCUT2D eigenvalue weighted by Crippen LogP contribution is 2.34. The molecule has 74 valence electrons. The van der Waals surface area contributed by atoms with Gasteiger partial charge in [0.2, 0.25) is 0 Å². The second kappa shape index (κ2) is 2.90. The molecule has 1 aromatic carbocycles. The Kier molecular flexibility index (Phi) is 1.84. The van der Waals surface area contributed by atoms with E-state index < -0.39 is 5.97 Å². The number of carbonyl (C=O) groups is 1. The molecule has 0 aromatic heterocycles. The number of esters is 1. The Balaban J connectivity index is 2.63. The van der Waals surface area contributed by atoms with Crippen molar-refractivity contribution in [3.05, 3.63) is 23.3 Å². The predicted molar refractivity (Wildman–Crippen MR) is 48.4 cm³/mol. The molecule has 4 nitrogen and oxygen atoms in total. The molecule has 1 aromatic rings. The first-order chi connectivity index (χ1) is 6.59. The number of phenols is 2. The quantitative estimate of drug-likeness (QED) is 0.481. The third kappa shape index (κ3) is 1.19. The van der Waals surface area contributed by atoms with Gasteiger partial charge in [-0.05, 0) is 19.1 Å². The Morgan fingerprint density at radius 2 is 2.00 bits per heavy atom. The van der Waals surface area contributed by atoms with Gasteiger partial charge in [0.15, 0.2) is 0 Å². The zero-order chi connectivity index (χ0) is 10.3. The van der Waals surface area contributed by atoms with Crippen LogP contribution < -0.4 is 0 Å². The van der Waals surface area contributed by atoms with Crippen LogP contribution in [0.4, 0.5) is 0 Å². The fourth-order valence-corrected chi connectivity index (χ4v) is 1.63. The van der Waals surface area contributed by atoms with E-state index in [2.05, 4.69) is 0 Å². The van der Waals surface area contributed by atoms with Gasteiger partial charge in [-0.2, -0.15) is 0 Å². The number of aromatic hydroxyl groups is 2. The molecule has 0 saturated heterocycles. The van der Waals surface area contributed by atoms with Crippen LogP contribution in [0.15, 0.2) is 12.1 Å². The van der Waals surface area contributed by atoms with Gasteiger partial charge in [-0.25, -0.2) is 4.79 Å². The third-order valence-corrected chi connectivity index (χ3v) is 2.27. The second-order valence-electron chi connectivity index (χ2n) is 3.38. The lowest BCUT2D eigenvalue weighted by Crippen LogP contribution is -2.25. The summed E-state index contributed by atoms with van der Waals surface area (Å²) in [6.45, 7) is 1.74. The summed E-state index contributed by atoms with van der Waals surface area (Å²) in [5.41, 5.74) is 0.553. The maximum atomic E-state index is 11.4. The number of cyclic esters (lactones) is 1. The molecule has 0 spiro atoms. The Labute approximate surface area is 80.7 Å². The summed E-state index contributed by atoms with van der Waals surface area (Å²) < 4.78 is 4.94. The molecule has 0 radical (unpaired) electrons. The molecule has 1 aliphatic heterocycles. The predicted octanol–water partition coefficient (Wildman–Crippen LogP) is 1.20. The lowest BCUT2D eigenvalue weighted by Gasteiger charge is -2.22. The van der Waals surface area contributed by atoms with Gasteiger partial charge in [0, 0.05) is 12.0 Å². The van der Waals surface area contributed by atoms with E-state index in [4.69, 9.17) is 4.74 Å². The van der Waals surface area contributed by atoms with E-state index in [1.165, 1.54) is 12.1 Å². The molecule has 2 rings (SSSR count). The van der Waals surface area contributed by atoms with E-state index in [9.17, 15) is 15.0 Å². The van der Waals surface area contributed by atoms with E-state index in [1.54, 1.807) is 6.92 Å². The first-order valence-electron chi connectivity index (χ1n) is 4.34. The topological polar surface area (TPSA) is 66.8 Å². The van der Waals surface area contributed by atoms with Crippen LogP contribution in [0.1, 0.15) is 22.8 Å². The van der Waals surface area contributed by atoms with E-state index in [1.807, 2.05) is 0 Å². The van der Waals surface area contributed by atoms with E-state index in [0.29, 0.717) is 12.0 Å². The summed E-state index contributed by atoms with van der Waals surface area (Å²) in [4.78, 5) is 11.4. The highest BCUT2D eigenvalue weighted by atomic mass is 16.5. The Morgan fingerprint density at radius 3 is 2.71 bits per heavy atom. The zero-order valence-electron chi connectivity index (χ0n) is 7.65. The molecule has 1 aliphatic rings. The molecular formula is C10H10O4. The average Bonchev–Trinajstić information content (AvgIpc) is 2.10. The van der Waals surface area contributed by atoms with Crippen LogP contribution in [0.25, 0.3) is 0 Å². The number of carbonyl (C=O) groups excluding carboxylic acids is 1. The summed E-state index contributed by atoms with van der Waals surface area (Å²) in [7, 11) is 0. The summed E-state index contributed by atoms with van der Waals surface area (Å²) in [6, 6.07) is 2.66. The molecule has 0 amide bonds. The number of hydrogen-bond acceptors (Lipinski definition) is 4. The average molecular weight is 194 g/mol. The largest absolute Gasteiger partial charge is 0.508 e. The molecule has 0 aliphatic carbocycles. The Morgan fingerprint density at radius 1 is 1.36 bits per heavy atom. The van der Waals surface area contributed by atoms with Crippen molar-refractivity contribution < 1.29 is 19.7 Å². The standard InChI is InChI=1S/C10H10O4/c1-5-4-6-7(11)2-3-8(12)9(6)10(13)14-5/h2-3,5,11-12H,4H2,1H3/t5-/m0/s1. The number of fused-ring (bicyclic) bond motifs is 1. The van der Waals surface area contributed by atoms with Crippen LogP contribution >= 0.6 is 0 Å². The minimum atomic E-state index is -0.577. The Hall–Kier alpha value is -1.71. The lowest BCUT2D eigenvalue weighted by molar-refractivity contribution is 0.0294. The highest BCUT2D eigenvalue weighted by Gasteiger charge is 2.28. The van der Waals surface area contributed by atoms with Crippen LogP contribution in [0.5, 0.6) is 11.5 Å². The van der Waals surface area contributed by atoms with Crippen molar-refractivity contribution >= 4 is 5.97 Å². The SMILES string of the molecule is C[C@H]1Cc2c(O)ccc(O)c2C(=O)O1. The summed E-state index contributed by atoms with van der Waals surface area (Å²) in [6.07, 6.45) is 0.170. The van der Waals surface area contributed by atoms with Gasteiger partial charge in [0.1, 0.15) is 23.2 Å². The Bertz CT molecular complexity index is 397. The van der Waals surface area contributed by atoms with Gasteiger partial charge in [-0.3, -0.25) is 0 Å².